The molecule has 0 heterocycles. The van der Waals surface area contributed by atoms with Gasteiger partial charge < -0.3 is 10.4 Å². The Hall–Kier alpha value is -1.61. The molecule has 0 aliphatic rings. The average molecular weight is 261 g/mol. The molecule has 1 rings (SSSR count). The van der Waals surface area contributed by atoms with Crippen molar-refractivity contribution >= 4 is 12.0 Å². The molecule has 0 aromatic heterocycles. The summed E-state index contributed by atoms with van der Waals surface area (Å²) in [6, 6.07) is 7.93. The van der Waals surface area contributed by atoms with Crippen molar-refractivity contribution in [3.05, 3.63) is 41.5 Å². The van der Waals surface area contributed by atoms with Crippen molar-refractivity contribution in [2.45, 2.75) is 27.2 Å². The van der Waals surface area contributed by atoms with Crippen molar-refractivity contribution in [3.8, 4) is 0 Å². The maximum Gasteiger partial charge on any atom is 0.244 e. The number of aryl methyl sites for hydroxylation is 1. The molecule has 0 aliphatic heterocycles. The van der Waals surface area contributed by atoms with E-state index in [9.17, 15) is 4.79 Å². The second kappa shape index (κ2) is 7.10. The first-order valence-corrected chi connectivity index (χ1v) is 6.57. The standard InChI is InChI=1S/C16H23NO2/c1-13-6-4-5-7-14(13)8-9-15(19)17-12-16(2,3)10-11-18/h4-9,18H,10-12H2,1-3H3,(H,17,19)/b9-8+. The molecule has 3 heteroatoms. The Balaban J connectivity index is 2.50. The van der Waals surface area contributed by atoms with E-state index in [0.29, 0.717) is 13.0 Å². The number of hydrogen-bond acceptors (Lipinski definition) is 2. The molecule has 0 saturated heterocycles. The summed E-state index contributed by atoms with van der Waals surface area (Å²) < 4.78 is 0. The number of nitrogens with one attached hydrogen (secondary N) is 1. The lowest BCUT2D eigenvalue weighted by Gasteiger charge is -2.23. The smallest absolute Gasteiger partial charge is 0.244 e. The van der Waals surface area contributed by atoms with Crippen molar-refractivity contribution in [3.63, 3.8) is 0 Å². The van der Waals surface area contributed by atoms with E-state index in [1.54, 1.807) is 6.08 Å². The third kappa shape index (κ3) is 5.71. The van der Waals surface area contributed by atoms with E-state index >= 15 is 0 Å². The number of amides is 1. The third-order valence-corrected chi connectivity index (χ3v) is 3.13. The Bertz CT molecular complexity index is 450. The van der Waals surface area contributed by atoms with Gasteiger partial charge in [-0.05, 0) is 36.0 Å². The first-order valence-electron chi connectivity index (χ1n) is 6.57. The zero-order valence-electron chi connectivity index (χ0n) is 11.9. The van der Waals surface area contributed by atoms with E-state index in [1.807, 2.05) is 51.1 Å². The number of aliphatic hydroxyl groups is 1. The first-order chi connectivity index (χ1) is 8.94. The normalized spacial score (nSPS) is 11.8. The fourth-order valence-corrected chi connectivity index (χ4v) is 1.72. The fourth-order valence-electron chi connectivity index (χ4n) is 1.72. The van der Waals surface area contributed by atoms with Crippen molar-refractivity contribution in [1.29, 1.82) is 0 Å². The van der Waals surface area contributed by atoms with Crippen molar-refractivity contribution in [2.24, 2.45) is 5.41 Å². The second-order valence-electron chi connectivity index (χ2n) is 5.55. The molecule has 0 unspecified atom stereocenters. The molecular weight excluding hydrogens is 238 g/mol. The summed E-state index contributed by atoms with van der Waals surface area (Å²) in [6.07, 6.45) is 4.05. The summed E-state index contributed by atoms with van der Waals surface area (Å²) in [5.41, 5.74) is 2.11. The van der Waals surface area contributed by atoms with Gasteiger partial charge in [-0.15, -0.1) is 0 Å². The van der Waals surface area contributed by atoms with Gasteiger partial charge in [-0.3, -0.25) is 4.79 Å². The van der Waals surface area contributed by atoms with Crippen molar-refractivity contribution < 1.29 is 9.90 Å². The van der Waals surface area contributed by atoms with Crippen LogP contribution in [0, 0.1) is 12.3 Å². The maximum absolute atomic E-state index is 11.7. The van der Waals surface area contributed by atoms with E-state index in [4.69, 9.17) is 5.11 Å². The zero-order chi connectivity index (χ0) is 14.3. The van der Waals surface area contributed by atoms with Gasteiger partial charge in [-0.1, -0.05) is 38.1 Å². The maximum atomic E-state index is 11.7. The SMILES string of the molecule is Cc1ccccc1/C=C/C(=O)NCC(C)(C)CCO. The number of hydrogen-bond donors (Lipinski definition) is 2. The second-order valence-corrected chi connectivity index (χ2v) is 5.55. The first kappa shape index (κ1) is 15.4. The molecule has 0 atom stereocenters. The van der Waals surface area contributed by atoms with Crippen molar-refractivity contribution in [2.75, 3.05) is 13.2 Å². The van der Waals surface area contributed by atoms with E-state index < -0.39 is 0 Å². The molecule has 0 fully saturated rings. The highest BCUT2D eigenvalue weighted by molar-refractivity contribution is 5.91. The Morgan fingerprint density at radius 1 is 1.37 bits per heavy atom. The van der Waals surface area contributed by atoms with Crippen LogP contribution in [0.4, 0.5) is 0 Å². The predicted octanol–water partition coefficient (Wildman–Crippen LogP) is 2.53. The van der Waals surface area contributed by atoms with E-state index in [1.165, 1.54) is 0 Å². The van der Waals surface area contributed by atoms with Crippen LogP contribution >= 0.6 is 0 Å². The Kier molecular flexibility index (Phi) is 5.77. The van der Waals surface area contributed by atoms with Crippen LogP contribution in [0.15, 0.2) is 30.3 Å². The number of carbonyl (C=O) groups excluding carboxylic acids is 1. The van der Waals surface area contributed by atoms with Gasteiger partial charge in [0.1, 0.15) is 0 Å². The number of aliphatic hydroxyl groups excluding tert-OH is 1. The summed E-state index contributed by atoms with van der Waals surface area (Å²) in [5, 5.41) is 11.8. The van der Waals surface area contributed by atoms with Gasteiger partial charge >= 0.3 is 0 Å². The van der Waals surface area contributed by atoms with Gasteiger partial charge in [0.25, 0.3) is 0 Å². The zero-order valence-corrected chi connectivity index (χ0v) is 11.9. The number of benzene rings is 1. The molecule has 19 heavy (non-hydrogen) atoms. The lowest BCUT2D eigenvalue weighted by atomic mass is 9.90. The van der Waals surface area contributed by atoms with Gasteiger partial charge in [-0.25, -0.2) is 0 Å². The highest BCUT2D eigenvalue weighted by Gasteiger charge is 2.17. The molecule has 0 bridgehead atoms. The molecule has 104 valence electrons. The minimum atomic E-state index is -0.103. The van der Waals surface area contributed by atoms with E-state index in [-0.39, 0.29) is 17.9 Å². The summed E-state index contributed by atoms with van der Waals surface area (Å²) in [7, 11) is 0. The topological polar surface area (TPSA) is 49.3 Å². The quantitative estimate of drug-likeness (QED) is 0.773. The summed E-state index contributed by atoms with van der Waals surface area (Å²) >= 11 is 0. The Morgan fingerprint density at radius 2 is 2.05 bits per heavy atom. The largest absolute Gasteiger partial charge is 0.396 e. The van der Waals surface area contributed by atoms with Crippen LogP contribution in [-0.4, -0.2) is 24.2 Å². The Labute approximate surface area is 115 Å². The minimum absolute atomic E-state index is 0.0824. The lowest BCUT2D eigenvalue weighted by Crippen LogP contribution is -2.33. The molecule has 1 aromatic rings. The van der Waals surface area contributed by atoms with Crippen LogP contribution in [-0.2, 0) is 4.79 Å². The molecule has 1 amide bonds. The third-order valence-electron chi connectivity index (χ3n) is 3.13. The van der Waals surface area contributed by atoms with Gasteiger partial charge in [-0.2, -0.15) is 0 Å². The average Bonchev–Trinajstić information content (AvgIpc) is 2.35. The van der Waals surface area contributed by atoms with E-state index in [0.717, 1.165) is 11.1 Å². The van der Waals surface area contributed by atoms with Crippen LogP contribution in [0.3, 0.4) is 0 Å². The van der Waals surface area contributed by atoms with Crippen LogP contribution in [0.25, 0.3) is 6.08 Å². The lowest BCUT2D eigenvalue weighted by molar-refractivity contribution is -0.116. The van der Waals surface area contributed by atoms with E-state index in [2.05, 4.69) is 5.32 Å². The van der Waals surface area contributed by atoms with Crippen LogP contribution in [0.1, 0.15) is 31.4 Å². The number of rotatable bonds is 6. The molecule has 0 aliphatic carbocycles. The van der Waals surface area contributed by atoms with Crippen LogP contribution < -0.4 is 5.32 Å². The molecule has 1 aromatic carbocycles. The molecule has 0 saturated carbocycles. The fraction of sp³-hybridized carbons (Fsp3) is 0.438. The van der Waals surface area contributed by atoms with Gasteiger partial charge in [0.15, 0.2) is 0 Å². The van der Waals surface area contributed by atoms with Crippen LogP contribution in [0.5, 0.6) is 0 Å². The highest BCUT2D eigenvalue weighted by Crippen LogP contribution is 2.17. The highest BCUT2D eigenvalue weighted by atomic mass is 16.3. The minimum Gasteiger partial charge on any atom is -0.396 e. The molecule has 0 radical (unpaired) electrons. The predicted molar refractivity (Wildman–Crippen MR) is 78.7 cm³/mol. The van der Waals surface area contributed by atoms with Gasteiger partial charge in [0.05, 0.1) is 0 Å². The van der Waals surface area contributed by atoms with Crippen molar-refractivity contribution in [1.82, 2.24) is 5.32 Å². The van der Waals surface area contributed by atoms with Gasteiger partial charge in [0, 0.05) is 19.2 Å². The Morgan fingerprint density at radius 3 is 2.68 bits per heavy atom. The van der Waals surface area contributed by atoms with Crippen LogP contribution in [0.2, 0.25) is 0 Å². The molecular formula is C16H23NO2. The van der Waals surface area contributed by atoms with Gasteiger partial charge in [0.2, 0.25) is 5.91 Å². The summed E-state index contributed by atoms with van der Waals surface area (Å²) in [6.45, 7) is 6.76. The molecule has 0 spiro atoms. The number of carbonyl (C=O) groups is 1. The summed E-state index contributed by atoms with van der Waals surface area (Å²) in [5.74, 6) is -0.103. The molecule has 3 nitrogen and oxygen atoms in total. The monoisotopic (exact) mass is 261 g/mol. The summed E-state index contributed by atoms with van der Waals surface area (Å²) in [4.78, 5) is 11.7. The molecule has 2 N–H and O–H groups in total.